The van der Waals surface area contributed by atoms with Gasteiger partial charge in [0.1, 0.15) is 0 Å². The summed E-state index contributed by atoms with van der Waals surface area (Å²) in [5.74, 6) is 0.622. The molecule has 0 bridgehead atoms. The lowest BCUT2D eigenvalue weighted by atomic mass is 9.90. The summed E-state index contributed by atoms with van der Waals surface area (Å²) in [5.41, 5.74) is 1.20. The van der Waals surface area contributed by atoms with Crippen LogP contribution in [0.5, 0.6) is 0 Å². The number of piperidine rings is 1. The van der Waals surface area contributed by atoms with E-state index in [4.69, 9.17) is 0 Å². The van der Waals surface area contributed by atoms with Gasteiger partial charge in [-0.05, 0) is 42.5 Å². The minimum absolute atomic E-state index is 0.140. The lowest BCUT2D eigenvalue weighted by Crippen LogP contribution is -2.48. The van der Waals surface area contributed by atoms with Gasteiger partial charge >= 0.3 is 0 Å². The molecule has 1 N–H and O–H groups in total. The molecular formula is C19H25N3O3. The van der Waals surface area contributed by atoms with E-state index in [0.717, 1.165) is 13.1 Å². The zero-order valence-corrected chi connectivity index (χ0v) is 15.0. The van der Waals surface area contributed by atoms with Gasteiger partial charge in [0.2, 0.25) is 11.8 Å². The molecule has 134 valence electrons. The first-order valence-electron chi connectivity index (χ1n) is 8.83. The molecule has 6 nitrogen and oxygen atoms in total. The van der Waals surface area contributed by atoms with Crippen LogP contribution in [-0.2, 0) is 14.4 Å². The summed E-state index contributed by atoms with van der Waals surface area (Å²) in [6.07, 6.45) is 1.41. The number of likely N-dealkylation sites (tertiary alicyclic amines) is 1. The van der Waals surface area contributed by atoms with E-state index >= 15 is 0 Å². The molecular weight excluding hydrogens is 318 g/mol. The van der Waals surface area contributed by atoms with Crippen LogP contribution < -0.4 is 10.2 Å². The van der Waals surface area contributed by atoms with E-state index in [1.54, 1.807) is 24.3 Å². The van der Waals surface area contributed by atoms with Gasteiger partial charge in [-0.2, -0.15) is 0 Å². The summed E-state index contributed by atoms with van der Waals surface area (Å²) in [4.78, 5) is 39.9. The van der Waals surface area contributed by atoms with E-state index < -0.39 is 0 Å². The first-order chi connectivity index (χ1) is 11.8. The molecule has 2 heterocycles. The van der Waals surface area contributed by atoms with Crippen LogP contribution >= 0.6 is 0 Å². The van der Waals surface area contributed by atoms with E-state index in [2.05, 4.69) is 24.1 Å². The third-order valence-corrected chi connectivity index (χ3v) is 4.91. The normalized spacial score (nSPS) is 27.6. The maximum absolute atomic E-state index is 12.9. The van der Waals surface area contributed by atoms with Crippen LogP contribution in [0.25, 0.3) is 0 Å². The van der Waals surface area contributed by atoms with Crippen LogP contribution in [0, 0.1) is 11.8 Å². The first-order valence-corrected chi connectivity index (χ1v) is 8.83. The van der Waals surface area contributed by atoms with E-state index in [-0.39, 0.29) is 30.2 Å². The summed E-state index contributed by atoms with van der Waals surface area (Å²) in [5, 5.41) is 2.68. The molecule has 1 aromatic rings. The van der Waals surface area contributed by atoms with E-state index in [9.17, 15) is 14.4 Å². The zero-order valence-electron chi connectivity index (χ0n) is 15.0. The predicted molar refractivity (Wildman–Crippen MR) is 96.2 cm³/mol. The number of anilines is 2. The summed E-state index contributed by atoms with van der Waals surface area (Å²) >= 11 is 0. The smallest absolute Gasteiger partial charge is 0.251 e. The molecule has 2 aliphatic heterocycles. The van der Waals surface area contributed by atoms with Crippen LogP contribution in [0.1, 0.15) is 33.6 Å². The number of amides is 3. The highest BCUT2D eigenvalue weighted by Crippen LogP contribution is 2.30. The Hall–Kier alpha value is -2.21. The number of imide groups is 1. The third kappa shape index (κ3) is 3.74. The van der Waals surface area contributed by atoms with Gasteiger partial charge in [-0.3, -0.25) is 19.3 Å². The highest BCUT2D eigenvalue weighted by Gasteiger charge is 2.44. The van der Waals surface area contributed by atoms with Gasteiger partial charge in [0.05, 0.1) is 18.2 Å². The van der Waals surface area contributed by atoms with Crippen molar-refractivity contribution >= 4 is 29.1 Å². The van der Waals surface area contributed by atoms with Gasteiger partial charge in [0, 0.05) is 25.7 Å². The van der Waals surface area contributed by atoms with Gasteiger partial charge in [-0.15, -0.1) is 0 Å². The van der Waals surface area contributed by atoms with Crippen molar-refractivity contribution in [2.24, 2.45) is 11.8 Å². The average molecular weight is 343 g/mol. The molecule has 3 amide bonds. The fraction of sp³-hybridized carbons (Fsp3) is 0.526. The van der Waals surface area contributed by atoms with Crippen molar-refractivity contribution in [3.05, 3.63) is 24.3 Å². The molecule has 2 aliphatic rings. The molecule has 0 radical (unpaired) electrons. The largest absolute Gasteiger partial charge is 0.326 e. The molecule has 0 saturated carbocycles. The first kappa shape index (κ1) is 17.6. The maximum atomic E-state index is 12.9. The molecule has 1 aromatic carbocycles. The Balaban J connectivity index is 1.76. The Kier molecular flexibility index (Phi) is 4.90. The average Bonchev–Trinajstić information content (AvgIpc) is 2.82. The number of carbonyl (C=O) groups is 3. The molecule has 0 aromatic heterocycles. The number of benzene rings is 1. The van der Waals surface area contributed by atoms with Crippen molar-refractivity contribution in [3.8, 4) is 0 Å². The van der Waals surface area contributed by atoms with Gasteiger partial charge in [-0.1, -0.05) is 13.8 Å². The standard InChI is InChI=1S/C19H25N3O3/c1-12-8-13(2)11-21(10-12)17-9-18(24)22(19(17)25)16-6-4-15(5-7-16)20-14(3)23/h4-7,12-13,17H,8-11H2,1-3H3,(H,20,23)/t12-,13-,17+/m0/s1. The van der Waals surface area contributed by atoms with Crippen molar-refractivity contribution in [3.63, 3.8) is 0 Å². The number of nitrogens with zero attached hydrogens (tertiary/aromatic N) is 2. The van der Waals surface area contributed by atoms with Gasteiger partial charge in [0.25, 0.3) is 5.91 Å². The Labute approximate surface area is 148 Å². The van der Waals surface area contributed by atoms with Crippen molar-refractivity contribution in [2.45, 2.75) is 39.7 Å². The Morgan fingerprint density at radius 1 is 1.08 bits per heavy atom. The Morgan fingerprint density at radius 2 is 1.68 bits per heavy atom. The number of carbonyl (C=O) groups excluding carboxylic acids is 3. The monoisotopic (exact) mass is 343 g/mol. The second kappa shape index (κ2) is 6.96. The molecule has 0 unspecified atom stereocenters. The van der Waals surface area contributed by atoms with Crippen molar-refractivity contribution in [1.82, 2.24) is 4.90 Å². The fourth-order valence-electron chi connectivity index (χ4n) is 4.04. The SMILES string of the molecule is CC(=O)Nc1ccc(N2C(=O)C[C@@H](N3C[C@@H](C)C[C@H](C)C3)C2=O)cc1. The summed E-state index contributed by atoms with van der Waals surface area (Å²) in [7, 11) is 0. The van der Waals surface area contributed by atoms with Gasteiger partial charge < -0.3 is 5.32 Å². The second-order valence-corrected chi connectivity index (χ2v) is 7.42. The van der Waals surface area contributed by atoms with Crippen molar-refractivity contribution in [1.29, 1.82) is 0 Å². The number of rotatable bonds is 3. The molecule has 0 aliphatic carbocycles. The summed E-state index contributed by atoms with van der Waals surface area (Å²) < 4.78 is 0. The molecule has 25 heavy (non-hydrogen) atoms. The molecule has 3 rings (SSSR count). The number of hydrogen-bond donors (Lipinski definition) is 1. The highest BCUT2D eigenvalue weighted by atomic mass is 16.2. The maximum Gasteiger partial charge on any atom is 0.251 e. The van der Waals surface area contributed by atoms with Gasteiger partial charge in [-0.25, -0.2) is 4.90 Å². The van der Waals surface area contributed by atoms with Crippen LogP contribution in [0.15, 0.2) is 24.3 Å². The predicted octanol–water partition coefficient (Wildman–Crippen LogP) is 2.25. The molecule has 6 heteroatoms. The second-order valence-electron chi connectivity index (χ2n) is 7.42. The molecule has 0 spiro atoms. The van der Waals surface area contributed by atoms with Crippen LogP contribution in [0.2, 0.25) is 0 Å². The van der Waals surface area contributed by atoms with Crippen LogP contribution in [0.3, 0.4) is 0 Å². The summed E-state index contributed by atoms with van der Waals surface area (Å²) in [6.45, 7) is 7.56. The minimum atomic E-state index is -0.354. The quantitative estimate of drug-likeness (QED) is 0.855. The van der Waals surface area contributed by atoms with E-state index in [1.807, 2.05) is 0 Å². The molecule has 2 saturated heterocycles. The molecule has 3 atom stereocenters. The van der Waals surface area contributed by atoms with Crippen molar-refractivity contribution in [2.75, 3.05) is 23.3 Å². The summed E-state index contributed by atoms with van der Waals surface area (Å²) in [6, 6.07) is 6.45. The topological polar surface area (TPSA) is 69.7 Å². The van der Waals surface area contributed by atoms with Crippen LogP contribution in [0.4, 0.5) is 11.4 Å². The fourth-order valence-corrected chi connectivity index (χ4v) is 4.04. The minimum Gasteiger partial charge on any atom is -0.326 e. The lowest BCUT2D eigenvalue weighted by molar-refractivity contribution is -0.123. The van der Waals surface area contributed by atoms with Crippen molar-refractivity contribution < 1.29 is 14.4 Å². The van der Waals surface area contributed by atoms with E-state index in [0.29, 0.717) is 23.2 Å². The number of nitrogens with one attached hydrogen (secondary N) is 1. The Bertz CT molecular complexity index is 676. The lowest BCUT2D eigenvalue weighted by Gasteiger charge is -2.37. The zero-order chi connectivity index (χ0) is 18.1. The number of hydrogen-bond acceptors (Lipinski definition) is 4. The van der Waals surface area contributed by atoms with Crippen LogP contribution in [-0.4, -0.2) is 41.8 Å². The Morgan fingerprint density at radius 3 is 2.24 bits per heavy atom. The third-order valence-electron chi connectivity index (χ3n) is 4.91. The van der Waals surface area contributed by atoms with E-state index in [1.165, 1.54) is 18.2 Å². The van der Waals surface area contributed by atoms with Gasteiger partial charge in [0.15, 0.2) is 0 Å². The highest BCUT2D eigenvalue weighted by molar-refractivity contribution is 6.22. The molecule has 2 fully saturated rings.